The summed E-state index contributed by atoms with van der Waals surface area (Å²) in [5.41, 5.74) is 10.3. The van der Waals surface area contributed by atoms with Gasteiger partial charge in [-0.05, 0) is 30.7 Å². The molecule has 0 radical (unpaired) electrons. The third-order valence-corrected chi connectivity index (χ3v) is 5.67. The molecule has 2 rings (SSSR count). The Morgan fingerprint density at radius 2 is 1.50 bits per heavy atom. The van der Waals surface area contributed by atoms with Gasteiger partial charge in [-0.2, -0.15) is 4.57 Å². The number of pyridine rings is 1. The second-order valence-electron chi connectivity index (χ2n) is 9.81. The predicted molar refractivity (Wildman–Crippen MR) is 135 cm³/mol. The predicted octanol–water partition coefficient (Wildman–Crippen LogP) is -2.05. The van der Waals surface area contributed by atoms with Crippen LogP contribution in [0.3, 0.4) is 0 Å². The van der Waals surface area contributed by atoms with Gasteiger partial charge in [0.15, 0.2) is 18.5 Å². The summed E-state index contributed by atoms with van der Waals surface area (Å²) >= 11 is 0. The number of carboxylic acids is 3. The van der Waals surface area contributed by atoms with E-state index < -0.39 is 69.0 Å². The number of rotatable bonds is 11. The third-order valence-electron chi connectivity index (χ3n) is 5.18. The molecule has 17 heteroatoms. The molecule has 1 aromatic rings. The van der Waals surface area contributed by atoms with Crippen molar-refractivity contribution < 1.29 is 68.1 Å². The quantitative estimate of drug-likeness (QED) is 0.101. The normalized spacial score (nSPS) is 22.0. The second kappa shape index (κ2) is 17.3. The highest BCUT2D eigenvalue weighted by atomic mass is 31.2. The lowest BCUT2D eigenvalue weighted by Gasteiger charge is -2.13. The number of aliphatic hydroxyl groups is 2. The molecule has 6 atom stereocenters. The van der Waals surface area contributed by atoms with Crippen LogP contribution in [0.4, 0.5) is 0 Å². The van der Waals surface area contributed by atoms with Crippen LogP contribution in [0, 0.1) is 11.8 Å². The lowest BCUT2D eigenvalue weighted by molar-refractivity contribution is -0.765. The number of hydrogen-bond donors (Lipinski definition) is 8. The van der Waals surface area contributed by atoms with Gasteiger partial charge in [-0.25, -0.2) is 4.57 Å². The minimum Gasteiger partial charge on any atom is -0.545 e. The Labute approximate surface area is 231 Å². The molecule has 10 N–H and O–H groups in total. The van der Waals surface area contributed by atoms with E-state index in [-0.39, 0.29) is 5.56 Å². The van der Waals surface area contributed by atoms with Gasteiger partial charge < -0.3 is 56.3 Å². The average molecular weight is 598 g/mol. The first-order chi connectivity index (χ1) is 18.3. The maximum Gasteiger partial charge on any atom is 0.469 e. The molecule has 1 aromatic heterocycles. The van der Waals surface area contributed by atoms with Gasteiger partial charge in [0.05, 0.1) is 18.1 Å². The monoisotopic (exact) mass is 597 g/mol. The van der Waals surface area contributed by atoms with E-state index in [1.54, 1.807) is 0 Å². The van der Waals surface area contributed by atoms with E-state index >= 15 is 0 Å². The zero-order chi connectivity index (χ0) is 31.4. The first kappa shape index (κ1) is 37.5. The van der Waals surface area contributed by atoms with Crippen molar-refractivity contribution in [2.75, 3.05) is 6.61 Å². The summed E-state index contributed by atoms with van der Waals surface area (Å²) in [6.07, 6.45) is -1.58. The number of carboxylic acid groups (broad SMARTS) is 3. The van der Waals surface area contributed by atoms with E-state index in [9.17, 15) is 34.3 Å². The number of nitrogens with two attached hydrogens (primary N) is 2. The van der Waals surface area contributed by atoms with E-state index in [4.69, 9.17) is 36.2 Å². The van der Waals surface area contributed by atoms with Crippen molar-refractivity contribution in [3.63, 3.8) is 0 Å². The molecule has 1 saturated heterocycles. The maximum absolute atomic E-state index is 10.8. The van der Waals surface area contributed by atoms with Gasteiger partial charge in [-0.1, -0.05) is 27.7 Å². The first-order valence-electron chi connectivity index (χ1n) is 12.2. The summed E-state index contributed by atoms with van der Waals surface area (Å²) in [7, 11) is -4.74. The Kier molecular flexibility index (Phi) is 16.2. The number of carbonyl (C=O) groups is 3. The van der Waals surface area contributed by atoms with Crippen molar-refractivity contribution in [2.45, 2.75) is 77.2 Å². The molecule has 2 heterocycles. The number of nitrogens with zero attached hydrogens (tertiary/aromatic N) is 1. The molecule has 0 bridgehead atoms. The number of hydrogen-bond acceptors (Lipinski definition) is 11. The fourth-order valence-electron chi connectivity index (χ4n) is 3.27. The van der Waals surface area contributed by atoms with Gasteiger partial charge in [0.1, 0.15) is 24.3 Å². The van der Waals surface area contributed by atoms with Gasteiger partial charge in [0, 0.05) is 6.07 Å². The van der Waals surface area contributed by atoms with Crippen LogP contribution in [0.1, 0.15) is 57.1 Å². The number of aliphatic carboxylic acids is 2. The number of carbonyl (C=O) groups excluding carboxylic acids is 1. The number of aliphatic hydroxyl groups excluding tert-OH is 2. The summed E-state index contributed by atoms with van der Waals surface area (Å²) in [5.74, 6) is -2.54. The molecule has 230 valence electrons. The molecular weight excluding hydrogens is 557 g/mol. The van der Waals surface area contributed by atoms with Crippen LogP contribution in [0.15, 0.2) is 24.5 Å². The highest BCUT2D eigenvalue weighted by Crippen LogP contribution is 2.37. The van der Waals surface area contributed by atoms with E-state index in [0.717, 1.165) is 6.20 Å². The fourth-order valence-corrected chi connectivity index (χ4v) is 3.61. The lowest BCUT2D eigenvalue weighted by Crippen LogP contribution is -2.46. The van der Waals surface area contributed by atoms with Crippen LogP contribution in [0.25, 0.3) is 0 Å². The van der Waals surface area contributed by atoms with Gasteiger partial charge in [-0.15, -0.1) is 0 Å². The summed E-state index contributed by atoms with van der Waals surface area (Å²) < 4.78 is 21.4. The summed E-state index contributed by atoms with van der Waals surface area (Å²) in [4.78, 5) is 48.3. The molecule has 40 heavy (non-hydrogen) atoms. The van der Waals surface area contributed by atoms with Crippen LogP contribution in [-0.4, -0.2) is 85.1 Å². The number of aromatic carboxylic acids is 1. The number of aromatic nitrogens is 1. The highest BCUT2D eigenvalue weighted by molar-refractivity contribution is 7.46. The van der Waals surface area contributed by atoms with Crippen molar-refractivity contribution in [1.82, 2.24) is 0 Å². The van der Waals surface area contributed by atoms with Crippen molar-refractivity contribution in [2.24, 2.45) is 23.3 Å². The van der Waals surface area contributed by atoms with Gasteiger partial charge in [0.2, 0.25) is 0 Å². The molecule has 0 amide bonds. The van der Waals surface area contributed by atoms with Crippen LogP contribution in [0.5, 0.6) is 0 Å². The van der Waals surface area contributed by atoms with E-state index in [2.05, 4.69) is 4.52 Å². The molecule has 16 nitrogen and oxygen atoms in total. The summed E-state index contributed by atoms with van der Waals surface area (Å²) in [6.45, 7) is 7.15. The zero-order valence-electron chi connectivity index (χ0n) is 22.6. The van der Waals surface area contributed by atoms with E-state index in [0.29, 0.717) is 24.7 Å². The summed E-state index contributed by atoms with van der Waals surface area (Å²) in [6, 6.07) is 1.28. The second-order valence-corrected chi connectivity index (χ2v) is 11.0. The first-order valence-corrected chi connectivity index (χ1v) is 13.7. The van der Waals surface area contributed by atoms with E-state index in [1.165, 1.54) is 22.9 Å². The molecule has 1 aliphatic rings. The van der Waals surface area contributed by atoms with Crippen molar-refractivity contribution in [3.8, 4) is 0 Å². The van der Waals surface area contributed by atoms with Gasteiger partial charge in [0.25, 0.3) is 6.23 Å². The molecular formula is C23H40N3O13P. The van der Waals surface area contributed by atoms with Crippen molar-refractivity contribution in [1.29, 1.82) is 0 Å². The lowest BCUT2D eigenvalue weighted by atomic mass is 10.1. The van der Waals surface area contributed by atoms with Gasteiger partial charge in [-0.3, -0.25) is 14.1 Å². The van der Waals surface area contributed by atoms with Crippen LogP contribution in [-0.2, 0) is 23.4 Å². The molecule has 2 unspecified atom stereocenters. The number of ether oxygens (including phenoxy) is 1. The minimum atomic E-state index is -4.74. The molecule has 0 spiro atoms. The van der Waals surface area contributed by atoms with Crippen LogP contribution < -0.4 is 21.1 Å². The average Bonchev–Trinajstić information content (AvgIpc) is 3.11. The molecule has 0 aromatic carbocycles. The standard InChI is InChI=1S/C11H14NO9P.2C6H13NO2/c13-8-7(5-20-22(17,18)19)21-10(9(8)14)12-3-1-2-6(4-12)11(15)16;2*1-4(2)3-5(7)6(8)9/h1-4,7-10,13-14H,5H2,(H2-,15,16,17,18,19);2*4-5H,3,7H2,1-2H3,(H,8,9)/t7-,8-,9-,10-;;/m1../s1. The van der Waals surface area contributed by atoms with Crippen LogP contribution in [0.2, 0.25) is 0 Å². The zero-order valence-corrected chi connectivity index (χ0v) is 23.5. The van der Waals surface area contributed by atoms with Crippen molar-refractivity contribution in [3.05, 3.63) is 30.1 Å². The number of phosphoric acid groups is 1. The highest BCUT2D eigenvalue weighted by Gasteiger charge is 2.48. The Hall–Kier alpha value is -2.53. The Morgan fingerprint density at radius 1 is 1.02 bits per heavy atom. The SMILES string of the molecule is CC(C)CC(N)C(=O)O.CC(C)CC(N)C(=O)O.O=C([O-])c1ccc[n+]([C@@H]2O[C@H](COP(=O)(O)O)[C@@H](O)[C@H]2O)c1. The minimum absolute atomic E-state index is 0.164. The largest absolute Gasteiger partial charge is 0.545 e. The maximum atomic E-state index is 10.8. The Bertz CT molecular complexity index is 978. The summed E-state index contributed by atoms with van der Waals surface area (Å²) in [5, 5.41) is 47.2. The Morgan fingerprint density at radius 3 is 1.85 bits per heavy atom. The van der Waals surface area contributed by atoms with Crippen molar-refractivity contribution >= 4 is 25.7 Å². The molecule has 1 aliphatic heterocycles. The third kappa shape index (κ3) is 14.7. The molecule has 1 fully saturated rings. The Balaban J connectivity index is 0.000000700. The molecule has 0 saturated carbocycles. The van der Waals surface area contributed by atoms with E-state index in [1.807, 2.05) is 27.7 Å². The van der Waals surface area contributed by atoms with Crippen LogP contribution >= 0.6 is 7.82 Å². The topological polar surface area (TPSA) is 287 Å². The van der Waals surface area contributed by atoms with Gasteiger partial charge >= 0.3 is 19.8 Å². The smallest absolute Gasteiger partial charge is 0.469 e. The molecule has 0 aliphatic carbocycles. The number of phosphoric ester groups is 1. The fraction of sp³-hybridized carbons (Fsp3) is 0.652.